The van der Waals surface area contributed by atoms with E-state index < -0.39 is 12.0 Å². The molecule has 4 rings (SSSR count). The van der Waals surface area contributed by atoms with Crippen LogP contribution < -0.4 is 5.32 Å². The SMILES string of the molecule is Cc1ccccc1C(=O)NC(c1ccncc1)C(C(=O)c1ccccc1)C(=O)c1ccccc1. The van der Waals surface area contributed by atoms with Crippen molar-refractivity contribution in [3.63, 3.8) is 0 Å². The summed E-state index contributed by atoms with van der Waals surface area (Å²) in [5, 5.41) is 2.98. The molecule has 1 heterocycles. The van der Waals surface area contributed by atoms with Crippen LogP contribution in [0.4, 0.5) is 0 Å². The van der Waals surface area contributed by atoms with E-state index in [-0.39, 0.29) is 17.5 Å². The van der Waals surface area contributed by atoms with Gasteiger partial charge in [0.2, 0.25) is 0 Å². The predicted molar refractivity (Wildman–Crippen MR) is 131 cm³/mol. The van der Waals surface area contributed by atoms with E-state index in [1.165, 1.54) is 0 Å². The van der Waals surface area contributed by atoms with Crippen LogP contribution in [0.25, 0.3) is 0 Å². The summed E-state index contributed by atoms with van der Waals surface area (Å²) >= 11 is 0. The van der Waals surface area contributed by atoms with Gasteiger partial charge in [-0.1, -0.05) is 78.9 Å². The Balaban J connectivity index is 1.82. The fourth-order valence-electron chi connectivity index (χ4n) is 3.96. The van der Waals surface area contributed by atoms with Gasteiger partial charge < -0.3 is 5.32 Å². The number of nitrogens with one attached hydrogen (secondary N) is 1. The van der Waals surface area contributed by atoms with Crippen molar-refractivity contribution < 1.29 is 14.4 Å². The maximum atomic E-state index is 13.8. The van der Waals surface area contributed by atoms with Gasteiger partial charge in [0.15, 0.2) is 11.6 Å². The zero-order valence-corrected chi connectivity index (χ0v) is 18.7. The van der Waals surface area contributed by atoms with Crippen molar-refractivity contribution in [3.8, 4) is 0 Å². The summed E-state index contributed by atoms with van der Waals surface area (Å²) in [4.78, 5) is 44.9. The summed E-state index contributed by atoms with van der Waals surface area (Å²) in [5.41, 5.74) is 2.71. The van der Waals surface area contributed by atoms with Gasteiger partial charge in [0, 0.05) is 29.1 Å². The monoisotopic (exact) mass is 448 g/mol. The van der Waals surface area contributed by atoms with Gasteiger partial charge in [-0.15, -0.1) is 0 Å². The maximum Gasteiger partial charge on any atom is 0.252 e. The van der Waals surface area contributed by atoms with Crippen molar-refractivity contribution in [2.75, 3.05) is 0 Å². The highest BCUT2D eigenvalue weighted by molar-refractivity contribution is 6.17. The second kappa shape index (κ2) is 10.5. The lowest BCUT2D eigenvalue weighted by atomic mass is 9.81. The molecule has 1 aromatic heterocycles. The zero-order chi connectivity index (χ0) is 23.9. The second-order valence-electron chi connectivity index (χ2n) is 7.98. The molecule has 34 heavy (non-hydrogen) atoms. The first-order valence-corrected chi connectivity index (χ1v) is 11.0. The largest absolute Gasteiger partial charge is 0.344 e. The van der Waals surface area contributed by atoms with E-state index in [9.17, 15) is 14.4 Å². The number of rotatable bonds is 8. The number of hydrogen-bond donors (Lipinski definition) is 1. The Morgan fingerprint density at radius 3 is 1.71 bits per heavy atom. The lowest BCUT2D eigenvalue weighted by Crippen LogP contribution is -2.41. The molecule has 1 amide bonds. The van der Waals surface area contributed by atoms with E-state index >= 15 is 0 Å². The topological polar surface area (TPSA) is 76.1 Å². The van der Waals surface area contributed by atoms with Gasteiger partial charge in [-0.3, -0.25) is 19.4 Å². The van der Waals surface area contributed by atoms with Crippen molar-refractivity contribution in [2.24, 2.45) is 5.92 Å². The van der Waals surface area contributed by atoms with Crippen LogP contribution in [0.1, 0.15) is 48.2 Å². The number of Topliss-reactive ketones (excluding diaryl/α,β-unsaturated/α-hetero) is 2. The normalized spacial score (nSPS) is 11.6. The molecule has 0 spiro atoms. The minimum atomic E-state index is -1.17. The van der Waals surface area contributed by atoms with Crippen LogP contribution in [0.5, 0.6) is 0 Å². The number of pyridine rings is 1. The van der Waals surface area contributed by atoms with Gasteiger partial charge in [0.1, 0.15) is 5.92 Å². The maximum absolute atomic E-state index is 13.8. The van der Waals surface area contributed by atoms with Crippen LogP contribution in [0.3, 0.4) is 0 Å². The summed E-state index contributed by atoms with van der Waals surface area (Å²) < 4.78 is 0. The molecule has 0 aliphatic heterocycles. The lowest BCUT2D eigenvalue weighted by Gasteiger charge is -2.27. The number of carbonyl (C=O) groups excluding carboxylic acids is 3. The van der Waals surface area contributed by atoms with Gasteiger partial charge in [0.25, 0.3) is 5.91 Å². The molecule has 1 unspecified atom stereocenters. The van der Waals surface area contributed by atoms with Crippen molar-refractivity contribution in [3.05, 3.63) is 137 Å². The first-order chi connectivity index (χ1) is 16.6. The van der Waals surface area contributed by atoms with Crippen LogP contribution in [0.2, 0.25) is 0 Å². The smallest absolute Gasteiger partial charge is 0.252 e. The first kappa shape index (κ1) is 22.8. The van der Waals surface area contributed by atoms with Gasteiger partial charge in [0.05, 0.1) is 6.04 Å². The van der Waals surface area contributed by atoms with Crippen LogP contribution in [-0.4, -0.2) is 22.5 Å². The number of benzene rings is 3. The standard InChI is InChI=1S/C29H24N2O3/c1-20-10-8-9-15-24(20)29(34)31-26(21-16-18-30-19-17-21)25(27(32)22-11-4-2-5-12-22)28(33)23-13-6-3-7-14-23/h2-19,25-26H,1H3,(H,31,34). The summed E-state index contributed by atoms with van der Waals surface area (Å²) in [7, 11) is 0. The number of aryl methyl sites for hydroxylation is 1. The van der Waals surface area contributed by atoms with Crippen LogP contribution >= 0.6 is 0 Å². The van der Waals surface area contributed by atoms with Gasteiger partial charge in [-0.05, 0) is 36.2 Å². The van der Waals surface area contributed by atoms with Crippen molar-refractivity contribution in [1.29, 1.82) is 0 Å². The van der Waals surface area contributed by atoms with E-state index in [2.05, 4.69) is 10.3 Å². The van der Waals surface area contributed by atoms with Gasteiger partial charge in [-0.2, -0.15) is 0 Å². The summed E-state index contributed by atoms with van der Waals surface area (Å²) in [6.07, 6.45) is 3.17. The molecule has 1 atom stereocenters. The average molecular weight is 449 g/mol. The van der Waals surface area contributed by atoms with Crippen molar-refractivity contribution >= 4 is 17.5 Å². The molecule has 0 saturated heterocycles. The number of ketones is 2. The summed E-state index contributed by atoms with van der Waals surface area (Å²) in [6.45, 7) is 1.85. The number of carbonyl (C=O) groups is 3. The third kappa shape index (κ3) is 4.99. The van der Waals surface area contributed by atoms with Crippen molar-refractivity contribution in [1.82, 2.24) is 10.3 Å². The average Bonchev–Trinajstić information content (AvgIpc) is 2.89. The van der Waals surface area contributed by atoms with Gasteiger partial charge in [-0.25, -0.2) is 0 Å². The molecule has 4 aromatic rings. The Kier molecular flexibility index (Phi) is 7.04. The highest BCUT2D eigenvalue weighted by Crippen LogP contribution is 2.29. The highest BCUT2D eigenvalue weighted by Gasteiger charge is 2.38. The summed E-state index contributed by atoms with van der Waals surface area (Å²) in [5.74, 6) is -2.24. The highest BCUT2D eigenvalue weighted by atomic mass is 16.2. The fraction of sp³-hybridized carbons (Fsp3) is 0.103. The van der Waals surface area contributed by atoms with E-state index in [1.54, 1.807) is 85.2 Å². The minimum Gasteiger partial charge on any atom is -0.344 e. The van der Waals surface area contributed by atoms with Crippen LogP contribution in [-0.2, 0) is 0 Å². The third-order valence-electron chi connectivity index (χ3n) is 5.76. The molecule has 0 aliphatic rings. The van der Waals surface area contributed by atoms with E-state index in [0.717, 1.165) is 5.56 Å². The Bertz CT molecular complexity index is 1240. The lowest BCUT2D eigenvalue weighted by molar-refractivity contribution is 0.0754. The zero-order valence-electron chi connectivity index (χ0n) is 18.7. The molecule has 0 fully saturated rings. The minimum absolute atomic E-state index is 0.355. The Morgan fingerprint density at radius 2 is 1.18 bits per heavy atom. The van der Waals surface area contributed by atoms with E-state index in [4.69, 9.17) is 0 Å². The van der Waals surface area contributed by atoms with E-state index in [1.807, 2.05) is 31.2 Å². The first-order valence-electron chi connectivity index (χ1n) is 11.0. The van der Waals surface area contributed by atoms with Crippen LogP contribution in [0.15, 0.2) is 109 Å². The Morgan fingerprint density at radius 1 is 0.676 bits per heavy atom. The molecule has 5 nitrogen and oxygen atoms in total. The molecule has 3 aromatic carbocycles. The fourth-order valence-corrected chi connectivity index (χ4v) is 3.96. The predicted octanol–water partition coefficient (Wildman–Crippen LogP) is 5.24. The van der Waals surface area contributed by atoms with Crippen molar-refractivity contribution in [2.45, 2.75) is 13.0 Å². The van der Waals surface area contributed by atoms with E-state index in [0.29, 0.717) is 22.3 Å². The quantitative estimate of drug-likeness (QED) is 0.295. The number of hydrogen-bond acceptors (Lipinski definition) is 4. The molecule has 0 saturated carbocycles. The molecule has 1 N–H and O–H groups in total. The molecule has 0 aliphatic carbocycles. The molecule has 0 bridgehead atoms. The molecule has 0 radical (unpaired) electrons. The molecule has 168 valence electrons. The molecular weight excluding hydrogens is 424 g/mol. The Labute approximate surface area is 198 Å². The molecule has 5 heteroatoms. The van der Waals surface area contributed by atoms with Gasteiger partial charge >= 0.3 is 0 Å². The van der Waals surface area contributed by atoms with Crippen LogP contribution in [0, 0.1) is 12.8 Å². The summed E-state index contributed by atoms with van der Waals surface area (Å²) in [6, 6.07) is 27.1. The second-order valence-corrected chi connectivity index (χ2v) is 7.98. The number of amides is 1. The number of nitrogens with zero attached hydrogens (tertiary/aromatic N) is 1. The number of aromatic nitrogens is 1. The Hall–Kier alpha value is -4.38. The molecular formula is C29H24N2O3. The third-order valence-corrected chi connectivity index (χ3v) is 5.76.